The van der Waals surface area contributed by atoms with Gasteiger partial charge in [-0.3, -0.25) is 4.79 Å². The summed E-state index contributed by atoms with van der Waals surface area (Å²) in [5.74, 6) is -0.00609. The molecule has 2 aromatic carbocycles. The van der Waals surface area contributed by atoms with Crippen LogP contribution in [-0.4, -0.2) is 26.9 Å². The van der Waals surface area contributed by atoms with Crippen molar-refractivity contribution in [3.05, 3.63) is 65.7 Å². The summed E-state index contributed by atoms with van der Waals surface area (Å²) in [5, 5.41) is 9.96. The lowest BCUT2D eigenvalue weighted by atomic mass is 10.1. The van der Waals surface area contributed by atoms with E-state index in [-0.39, 0.29) is 16.8 Å². The molecule has 7 heteroatoms. The van der Waals surface area contributed by atoms with Crippen molar-refractivity contribution < 1.29 is 18.5 Å². The molecule has 2 rings (SSSR count). The van der Waals surface area contributed by atoms with Crippen LogP contribution < -0.4 is 15.8 Å². The number of benzene rings is 2. The number of nitrogens with two attached hydrogens (primary N) is 2. The minimum Gasteiger partial charge on any atom is -0.347 e. The van der Waals surface area contributed by atoms with E-state index in [0.29, 0.717) is 6.54 Å². The topological polar surface area (TPSA) is 106 Å². The van der Waals surface area contributed by atoms with Gasteiger partial charge in [0.15, 0.2) is 6.04 Å². The van der Waals surface area contributed by atoms with Crippen LogP contribution in [0.2, 0.25) is 0 Å². The van der Waals surface area contributed by atoms with Gasteiger partial charge in [-0.2, -0.15) is 0 Å². The van der Waals surface area contributed by atoms with E-state index in [1.54, 1.807) is 12.1 Å². The second-order valence-corrected chi connectivity index (χ2v) is 7.52. The average Bonchev–Trinajstić information content (AvgIpc) is 2.60. The number of hydrogen-bond donors (Lipinski definition) is 3. The van der Waals surface area contributed by atoms with E-state index < -0.39 is 10.0 Å². The Morgan fingerprint density at radius 2 is 1.72 bits per heavy atom. The molecule has 0 saturated heterocycles. The van der Waals surface area contributed by atoms with Crippen molar-refractivity contribution in [2.45, 2.75) is 30.8 Å². The van der Waals surface area contributed by atoms with Crippen molar-refractivity contribution in [1.29, 1.82) is 0 Å². The second kappa shape index (κ2) is 8.75. The number of primary sulfonamides is 1. The predicted molar refractivity (Wildman–Crippen MR) is 96.1 cm³/mol. The normalized spacial score (nSPS) is 12.6. The third-order valence-corrected chi connectivity index (χ3v) is 4.86. The Morgan fingerprint density at radius 3 is 2.32 bits per heavy atom. The standard InChI is InChI=1S/C18H23N3O3S/c1-14(18(22)21-13-16-5-3-2-4-6-16)20-12-11-15-7-9-17(10-8-15)25(19,23)24/h2-10,14,20H,11-13H2,1H3,(H,21,22)(H2,19,23,24)/p+1/t14-/m0/s1. The maximum Gasteiger partial charge on any atom is 0.278 e. The van der Waals surface area contributed by atoms with Gasteiger partial charge in [-0.1, -0.05) is 42.5 Å². The highest BCUT2D eigenvalue weighted by Crippen LogP contribution is 2.08. The fraction of sp³-hybridized carbons (Fsp3) is 0.278. The summed E-state index contributed by atoms with van der Waals surface area (Å²) >= 11 is 0. The van der Waals surface area contributed by atoms with Crippen LogP contribution in [0.1, 0.15) is 18.1 Å². The second-order valence-electron chi connectivity index (χ2n) is 5.96. The summed E-state index contributed by atoms with van der Waals surface area (Å²) in [6, 6.07) is 16.1. The van der Waals surface area contributed by atoms with Gasteiger partial charge in [0.2, 0.25) is 10.0 Å². The van der Waals surface area contributed by atoms with E-state index in [1.807, 2.05) is 42.6 Å². The largest absolute Gasteiger partial charge is 0.347 e. The number of quaternary nitrogens is 1. The molecule has 0 aliphatic rings. The Bertz CT molecular complexity index is 790. The number of nitrogens with one attached hydrogen (secondary N) is 1. The molecular weight excluding hydrogens is 338 g/mol. The third kappa shape index (κ3) is 6.30. The van der Waals surface area contributed by atoms with Gasteiger partial charge in [0.25, 0.3) is 5.91 Å². The molecule has 1 amide bonds. The smallest absolute Gasteiger partial charge is 0.278 e. The number of sulfonamides is 1. The minimum atomic E-state index is -3.65. The molecule has 0 fully saturated rings. The summed E-state index contributed by atoms with van der Waals surface area (Å²) in [7, 11) is -3.65. The molecule has 134 valence electrons. The van der Waals surface area contributed by atoms with Crippen LogP contribution in [0.25, 0.3) is 0 Å². The maximum atomic E-state index is 12.1. The van der Waals surface area contributed by atoms with E-state index in [2.05, 4.69) is 5.32 Å². The molecular formula is C18H24N3O3S+. The van der Waals surface area contributed by atoms with Crippen LogP contribution in [0.5, 0.6) is 0 Å². The first kappa shape index (κ1) is 19.1. The molecule has 0 radical (unpaired) electrons. The molecule has 0 unspecified atom stereocenters. The molecule has 0 heterocycles. The molecule has 0 aliphatic heterocycles. The maximum absolute atomic E-state index is 12.1. The van der Waals surface area contributed by atoms with Crippen LogP contribution in [0.4, 0.5) is 0 Å². The molecule has 0 saturated carbocycles. The first-order chi connectivity index (χ1) is 11.9. The van der Waals surface area contributed by atoms with Crippen LogP contribution in [0.3, 0.4) is 0 Å². The van der Waals surface area contributed by atoms with Crippen LogP contribution in [0, 0.1) is 0 Å². The zero-order chi connectivity index (χ0) is 18.3. The van der Waals surface area contributed by atoms with Crippen molar-refractivity contribution in [2.24, 2.45) is 5.14 Å². The zero-order valence-electron chi connectivity index (χ0n) is 14.2. The fourth-order valence-corrected chi connectivity index (χ4v) is 2.91. The van der Waals surface area contributed by atoms with Gasteiger partial charge in [-0.25, -0.2) is 13.6 Å². The Balaban J connectivity index is 1.74. The van der Waals surface area contributed by atoms with Crippen molar-refractivity contribution in [1.82, 2.24) is 5.32 Å². The summed E-state index contributed by atoms with van der Waals surface area (Å²) in [4.78, 5) is 12.2. The highest BCUT2D eigenvalue weighted by atomic mass is 32.2. The first-order valence-electron chi connectivity index (χ1n) is 8.13. The molecule has 25 heavy (non-hydrogen) atoms. The van der Waals surface area contributed by atoms with Gasteiger partial charge in [-0.05, 0) is 30.2 Å². The summed E-state index contributed by atoms with van der Waals surface area (Å²) in [6.45, 7) is 3.12. The predicted octanol–water partition coefficient (Wildman–Crippen LogP) is 0.145. The quantitative estimate of drug-likeness (QED) is 0.622. The van der Waals surface area contributed by atoms with Crippen molar-refractivity contribution >= 4 is 15.9 Å². The van der Waals surface area contributed by atoms with Crippen molar-refractivity contribution in [3.63, 3.8) is 0 Å². The Kier molecular flexibility index (Phi) is 6.69. The van der Waals surface area contributed by atoms with E-state index in [0.717, 1.165) is 24.1 Å². The number of carbonyl (C=O) groups excluding carboxylic acids is 1. The number of carbonyl (C=O) groups is 1. The van der Waals surface area contributed by atoms with Gasteiger partial charge >= 0.3 is 0 Å². The first-order valence-corrected chi connectivity index (χ1v) is 9.67. The third-order valence-electron chi connectivity index (χ3n) is 3.93. The van der Waals surface area contributed by atoms with Crippen LogP contribution in [0.15, 0.2) is 59.5 Å². The monoisotopic (exact) mass is 362 g/mol. The van der Waals surface area contributed by atoms with Crippen LogP contribution >= 0.6 is 0 Å². The van der Waals surface area contributed by atoms with Gasteiger partial charge < -0.3 is 10.6 Å². The summed E-state index contributed by atoms with van der Waals surface area (Å²) < 4.78 is 22.4. The molecule has 6 nitrogen and oxygen atoms in total. The summed E-state index contributed by atoms with van der Waals surface area (Å²) in [5.41, 5.74) is 2.07. The molecule has 2 aromatic rings. The molecule has 0 bridgehead atoms. The van der Waals surface area contributed by atoms with E-state index >= 15 is 0 Å². The van der Waals surface area contributed by atoms with Crippen LogP contribution in [-0.2, 0) is 27.8 Å². The average molecular weight is 362 g/mol. The van der Waals surface area contributed by atoms with Gasteiger partial charge in [0, 0.05) is 13.0 Å². The highest BCUT2D eigenvalue weighted by Gasteiger charge is 2.15. The lowest BCUT2D eigenvalue weighted by molar-refractivity contribution is -0.673. The van der Waals surface area contributed by atoms with Gasteiger partial charge in [0.1, 0.15) is 0 Å². The van der Waals surface area contributed by atoms with Crippen molar-refractivity contribution in [3.8, 4) is 0 Å². The highest BCUT2D eigenvalue weighted by molar-refractivity contribution is 7.89. The Morgan fingerprint density at radius 1 is 1.08 bits per heavy atom. The van der Waals surface area contributed by atoms with Gasteiger partial charge in [0.05, 0.1) is 11.4 Å². The molecule has 1 atom stereocenters. The molecule has 0 spiro atoms. The summed E-state index contributed by atoms with van der Waals surface area (Å²) in [6.07, 6.45) is 0.737. The minimum absolute atomic E-state index is 0.00609. The van der Waals surface area contributed by atoms with E-state index in [9.17, 15) is 13.2 Å². The van der Waals surface area contributed by atoms with Crippen molar-refractivity contribution in [2.75, 3.05) is 6.54 Å². The number of hydrogen-bond acceptors (Lipinski definition) is 3. The number of amides is 1. The Hall–Kier alpha value is -2.22. The SMILES string of the molecule is C[C@H]([NH2+]CCc1ccc(S(N)(=O)=O)cc1)C(=O)NCc1ccccc1. The molecule has 0 aromatic heterocycles. The Labute approximate surface area is 148 Å². The number of rotatable bonds is 8. The lowest BCUT2D eigenvalue weighted by Crippen LogP contribution is -2.92. The molecule has 5 N–H and O–H groups in total. The fourth-order valence-electron chi connectivity index (χ4n) is 2.40. The zero-order valence-corrected chi connectivity index (χ0v) is 15.0. The lowest BCUT2D eigenvalue weighted by Gasteiger charge is -2.11. The van der Waals surface area contributed by atoms with E-state index in [1.165, 1.54) is 12.1 Å². The van der Waals surface area contributed by atoms with E-state index in [4.69, 9.17) is 5.14 Å². The van der Waals surface area contributed by atoms with Gasteiger partial charge in [-0.15, -0.1) is 0 Å². The molecule has 0 aliphatic carbocycles.